The Labute approximate surface area is 182 Å². The summed E-state index contributed by atoms with van der Waals surface area (Å²) in [4.78, 5) is 44.9. The van der Waals surface area contributed by atoms with E-state index >= 15 is 0 Å². The van der Waals surface area contributed by atoms with Crippen LogP contribution in [0.15, 0.2) is 42.5 Å². The fraction of sp³-hybridized carbons (Fsp3) is 0.391. The summed E-state index contributed by atoms with van der Waals surface area (Å²) in [6, 6.07) is 13.2. The van der Waals surface area contributed by atoms with Gasteiger partial charge in [-0.25, -0.2) is 9.78 Å². The number of hydrogen-bond donors (Lipinski definition) is 1. The van der Waals surface area contributed by atoms with Crippen LogP contribution in [-0.2, 0) is 9.53 Å². The number of rotatable bonds is 7. The van der Waals surface area contributed by atoms with E-state index in [2.05, 4.69) is 27.3 Å². The molecule has 0 bridgehead atoms. The average molecular weight is 425 g/mol. The molecule has 1 N–H and O–H groups in total. The van der Waals surface area contributed by atoms with Crippen molar-refractivity contribution in [1.29, 1.82) is 0 Å². The fourth-order valence-electron chi connectivity index (χ4n) is 3.50. The molecule has 3 rings (SSSR count). The van der Waals surface area contributed by atoms with Crippen LogP contribution < -0.4 is 10.2 Å². The molecule has 1 fully saturated rings. The van der Waals surface area contributed by atoms with Crippen LogP contribution in [0.3, 0.4) is 0 Å². The minimum Gasteiger partial charge on any atom is -0.462 e. The molecule has 0 atom stereocenters. The molecule has 0 aliphatic carbocycles. The summed E-state index contributed by atoms with van der Waals surface area (Å²) in [5, 5.41) is 2.73. The third-order valence-corrected chi connectivity index (χ3v) is 5.19. The van der Waals surface area contributed by atoms with E-state index in [4.69, 9.17) is 4.74 Å². The Morgan fingerprint density at radius 1 is 1.03 bits per heavy atom. The zero-order chi connectivity index (χ0) is 22.2. The first kappa shape index (κ1) is 22.3. The Hall–Kier alpha value is -3.42. The van der Waals surface area contributed by atoms with Gasteiger partial charge >= 0.3 is 5.97 Å². The van der Waals surface area contributed by atoms with Crippen LogP contribution in [0, 0.1) is 6.92 Å². The molecule has 0 spiro atoms. The molecule has 164 valence electrons. The number of benzene rings is 1. The fourth-order valence-corrected chi connectivity index (χ4v) is 3.50. The van der Waals surface area contributed by atoms with Crippen molar-refractivity contribution in [2.24, 2.45) is 0 Å². The van der Waals surface area contributed by atoms with Crippen LogP contribution in [0.2, 0.25) is 0 Å². The lowest BCUT2D eigenvalue weighted by atomic mass is 10.2. The van der Waals surface area contributed by atoms with E-state index in [0.717, 1.165) is 13.1 Å². The van der Waals surface area contributed by atoms with Gasteiger partial charge in [0.05, 0.1) is 17.9 Å². The highest BCUT2D eigenvalue weighted by molar-refractivity contribution is 5.95. The summed E-state index contributed by atoms with van der Waals surface area (Å²) in [5.74, 6) is -0.813. The number of nitrogens with zero attached hydrogens (tertiary/aromatic N) is 3. The number of esters is 1. The summed E-state index contributed by atoms with van der Waals surface area (Å²) < 4.78 is 4.97. The highest BCUT2D eigenvalue weighted by Crippen LogP contribution is 2.16. The number of carbonyl (C=O) groups excluding carboxylic acids is 3. The van der Waals surface area contributed by atoms with Gasteiger partial charge in [0, 0.05) is 44.8 Å². The van der Waals surface area contributed by atoms with Gasteiger partial charge < -0.3 is 19.9 Å². The standard InChI is InChI=1S/C23H28N4O4/c1-3-31-23(30)19-9-10-20(25-17(19)2)22(29)24-12-11-21(28)27-15-13-26(14-16-27)18-7-5-4-6-8-18/h4-10H,3,11-16H2,1-2H3,(H,24,29). The van der Waals surface area contributed by atoms with Crippen molar-refractivity contribution in [2.75, 3.05) is 44.2 Å². The summed E-state index contributed by atoms with van der Waals surface area (Å²) in [5.41, 5.74) is 2.13. The van der Waals surface area contributed by atoms with Crippen molar-refractivity contribution in [2.45, 2.75) is 20.3 Å². The Morgan fingerprint density at radius 3 is 2.39 bits per heavy atom. The van der Waals surface area contributed by atoms with Crippen LogP contribution in [0.4, 0.5) is 5.69 Å². The number of nitrogens with one attached hydrogen (secondary N) is 1. The summed E-state index contributed by atoms with van der Waals surface area (Å²) >= 11 is 0. The van der Waals surface area contributed by atoms with Gasteiger partial charge in [-0.1, -0.05) is 18.2 Å². The number of amides is 2. The van der Waals surface area contributed by atoms with Crippen molar-refractivity contribution in [1.82, 2.24) is 15.2 Å². The molecule has 1 aliphatic rings. The lowest BCUT2D eigenvalue weighted by Gasteiger charge is -2.36. The van der Waals surface area contributed by atoms with Crippen molar-refractivity contribution < 1.29 is 19.1 Å². The van der Waals surface area contributed by atoms with E-state index in [1.807, 2.05) is 23.1 Å². The Bertz CT molecular complexity index is 924. The third-order valence-electron chi connectivity index (χ3n) is 5.19. The second-order valence-electron chi connectivity index (χ2n) is 7.26. The highest BCUT2D eigenvalue weighted by Gasteiger charge is 2.21. The monoisotopic (exact) mass is 424 g/mol. The number of carbonyl (C=O) groups is 3. The lowest BCUT2D eigenvalue weighted by Crippen LogP contribution is -2.49. The number of aryl methyl sites for hydroxylation is 1. The molecule has 0 saturated carbocycles. The average Bonchev–Trinajstić information content (AvgIpc) is 2.79. The summed E-state index contributed by atoms with van der Waals surface area (Å²) in [6.07, 6.45) is 0.233. The molecule has 1 aliphatic heterocycles. The first-order valence-electron chi connectivity index (χ1n) is 10.5. The maximum Gasteiger partial charge on any atom is 0.339 e. The van der Waals surface area contributed by atoms with Gasteiger partial charge in [0.2, 0.25) is 5.91 Å². The molecule has 8 heteroatoms. The van der Waals surface area contributed by atoms with Gasteiger partial charge in [0.25, 0.3) is 5.91 Å². The smallest absolute Gasteiger partial charge is 0.339 e. The van der Waals surface area contributed by atoms with Crippen molar-refractivity contribution in [3.8, 4) is 0 Å². The number of piperazine rings is 1. The minimum atomic E-state index is -0.461. The van der Waals surface area contributed by atoms with E-state index < -0.39 is 5.97 Å². The van der Waals surface area contributed by atoms with E-state index in [-0.39, 0.29) is 37.1 Å². The molecule has 31 heavy (non-hydrogen) atoms. The molecule has 2 amide bonds. The third kappa shape index (κ3) is 5.81. The largest absolute Gasteiger partial charge is 0.462 e. The molecule has 0 unspecified atom stereocenters. The number of aromatic nitrogens is 1. The van der Waals surface area contributed by atoms with Gasteiger partial charge in [-0.2, -0.15) is 0 Å². The number of pyridine rings is 1. The first-order chi connectivity index (χ1) is 15.0. The van der Waals surface area contributed by atoms with Crippen molar-refractivity contribution in [3.05, 3.63) is 59.4 Å². The number of para-hydroxylation sites is 1. The van der Waals surface area contributed by atoms with Crippen molar-refractivity contribution >= 4 is 23.5 Å². The highest BCUT2D eigenvalue weighted by atomic mass is 16.5. The van der Waals surface area contributed by atoms with E-state index in [9.17, 15) is 14.4 Å². The van der Waals surface area contributed by atoms with E-state index in [0.29, 0.717) is 24.3 Å². The Morgan fingerprint density at radius 2 is 1.74 bits per heavy atom. The van der Waals surface area contributed by atoms with Crippen LogP contribution in [0.25, 0.3) is 0 Å². The topological polar surface area (TPSA) is 91.8 Å². The summed E-state index contributed by atoms with van der Waals surface area (Å²) in [6.45, 7) is 6.80. The normalized spacial score (nSPS) is 13.6. The van der Waals surface area contributed by atoms with Crippen LogP contribution >= 0.6 is 0 Å². The van der Waals surface area contributed by atoms with Gasteiger partial charge in [-0.05, 0) is 38.1 Å². The molecule has 0 radical (unpaired) electrons. The second-order valence-corrected chi connectivity index (χ2v) is 7.26. The number of ether oxygens (including phenoxy) is 1. The Kier molecular flexibility index (Phi) is 7.59. The van der Waals surface area contributed by atoms with Crippen LogP contribution in [0.1, 0.15) is 39.9 Å². The molecular formula is C23H28N4O4. The molecule has 2 aromatic rings. The zero-order valence-electron chi connectivity index (χ0n) is 18.0. The predicted molar refractivity (Wildman–Crippen MR) is 117 cm³/mol. The summed E-state index contributed by atoms with van der Waals surface area (Å²) in [7, 11) is 0. The molecule has 8 nitrogen and oxygen atoms in total. The van der Waals surface area contributed by atoms with Gasteiger partial charge in [0.15, 0.2) is 0 Å². The maximum atomic E-state index is 12.5. The quantitative estimate of drug-likeness (QED) is 0.684. The molecule has 1 aromatic carbocycles. The van der Waals surface area contributed by atoms with Gasteiger partial charge in [-0.3, -0.25) is 9.59 Å². The zero-order valence-corrected chi connectivity index (χ0v) is 18.0. The van der Waals surface area contributed by atoms with Gasteiger partial charge in [-0.15, -0.1) is 0 Å². The van der Waals surface area contributed by atoms with E-state index in [1.54, 1.807) is 13.8 Å². The maximum absolute atomic E-state index is 12.5. The number of hydrogen-bond acceptors (Lipinski definition) is 6. The minimum absolute atomic E-state index is 0.0230. The van der Waals surface area contributed by atoms with Crippen LogP contribution in [0.5, 0.6) is 0 Å². The second kappa shape index (κ2) is 10.6. The predicted octanol–water partition coefficient (Wildman–Crippen LogP) is 2.04. The van der Waals surface area contributed by atoms with Crippen molar-refractivity contribution in [3.63, 3.8) is 0 Å². The molecular weight excluding hydrogens is 396 g/mol. The number of anilines is 1. The van der Waals surface area contributed by atoms with E-state index in [1.165, 1.54) is 17.8 Å². The molecule has 2 heterocycles. The molecule has 1 saturated heterocycles. The SMILES string of the molecule is CCOC(=O)c1ccc(C(=O)NCCC(=O)N2CCN(c3ccccc3)CC2)nc1C. The molecule has 1 aromatic heterocycles. The first-order valence-corrected chi connectivity index (χ1v) is 10.5. The Balaban J connectivity index is 1.44. The lowest BCUT2D eigenvalue weighted by molar-refractivity contribution is -0.131. The van der Waals surface area contributed by atoms with Gasteiger partial charge in [0.1, 0.15) is 5.69 Å². The van der Waals surface area contributed by atoms with Crippen LogP contribution in [-0.4, -0.2) is 67.0 Å².